The van der Waals surface area contributed by atoms with Gasteiger partial charge in [0.25, 0.3) is 0 Å². The molecule has 0 radical (unpaired) electrons. The number of piperazine rings is 1. The zero-order chi connectivity index (χ0) is 18.7. The normalized spacial score (nSPS) is 17.2. The summed E-state index contributed by atoms with van der Waals surface area (Å²) in [5.41, 5.74) is 0.910. The molecule has 0 spiro atoms. The van der Waals surface area contributed by atoms with Crippen LogP contribution in [0, 0.1) is 5.41 Å². The summed E-state index contributed by atoms with van der Waals surface area (Å²) in [5, 5.41) is 0. The van der Waals surface area contributed by atoms with E-state index in [0.29, 0.717) is 58.0 Å². The van der Waals surface area contributed by atoms with Crippen molar-refractivity contribution in [2.75, 3.05) is 39.4 Å². The van der Waals surface area contributed by atoms with Gasteiger partial charge < -0.3 is 19.3 Å². The minimum atomic E-state index is -0.0116. The molecule has 2 aliphatic heterocycles. The minimum absolute atomic E-state index is 0.0116. The van der Waals surface area contributed by atoms with E-state index in [-0.39, 0.29) is 17.2 Å². The standard InChI is InChI=1S/C20H28N2O4/c1-20(2,3)14-19(24)22-8-6-21(7-9-22)18(23)13-15-4-5-16-17(12-15)26-11-10-25-16/h4-5,12H,6-11,13-14H2,1-3H3. The van der Waals surface area contributed by atoms with Gasteiger partial charge in [0.2, 0.25) is 11.8 Å². The molecule has 0 aliphatic carbocycles. The van der Waals surface area contributed by atoms with E-state index in [1.54, 1.807) is 0 Å². The van der Waals surface area contributed by atoms with Crippen LogP contribution in [0.25, 0.3) is 0 Å². The molecule has 0 N–H and O–H groups in total. The van der Waals surface area contributed by atoms with Gasteiger partial charge in [0, 0.05) is 32.6 Å². The van der Waals surface area contributed by atoms with Gasteiger partial charge in [-0.25, -0.2) is 0 Å². The zero-order valence-corrected chi connectivity index (χ0v) is 15.9. The number of carbonyl (C=O) groups is 2. The highest BCUT2D eigenvalue weighted by Crippen LogP contribution is 2.31. The molecular weight excluding hydrogens is 332 g/mol. The van der Waals surface area contributed by atoms with Crippen molar-refractivity contribution in [3.05, 3.63) is 23.8 Å². The van der Waals surface area contributed by atoms with Crippen LogP contribution in [-0.4, -0.2) is 61.0 Å². The molecule has 6 nitrogen and oxygen atoms in total. The lowest BCUT2D eigenvalue weighted by Crippen LogP contribution is -2.51. The molecule has 3 rings (SSSR count). The summed E-state index contributed by atoms with van der Waals surface area (Å²) in [6.07, 6.45) is 0.880. The van der Waals surface area contributed by atoms with Crippen LogP contribution < -0.4 is 9.47 Å². The molecule has 0 unspecified atom stereocenters. The van der Waals surface area contributed by atoms with Gasteiger partial charge in [-0.3, -0.25) is 9.59 Å². The second-order valence-electron chi connectivity index (χ2n) is 8.15. The second-order valence-corrected chi connectivity index (χ2v) is 8.15. The highest BCUT2D eigenvalue weighted by Gasteiger charge is 2.26. The summed E-state index contributed by atoms with van der Waals surface area (Å²) >= 11 is 0. The number of fused-ring (bicyclic) bond motifs is 1. The van der Waals surface area contributed by atoms with Crippen LogP contribution in [0.5, 0.6) is 11.5 Å². The first-order chi connectivity index (χ1) is 12.3. The van der Waals surface area contributed by atoms with Gasteiger partial charge in [-0.1, -0.05) is 26.8 Å². The molecule has 1 aromatic rings. The van der Waals surface area contributed by atoms with Crippen LogP contribution in [0.15, 0.2) is 18.2 Å². The Bertz CT molecular complexity index is 673. The Morgan fingerprint density at radius 2 is 1.50 bits per heavy atom. The number of benzene rings is 1. The third-order valence-electron chi connectivity index (χ3n) is 4.63. The molecule has 2 heterocycles. The predicted molar refractivity (Wildman–Crippen MR) is 98.4 cm³/mol. The lowest BCUT2D eigenvalue weighted by molar-refractivity contribution is -0.140. The SMILES string of the molecule is CC(C)(C)CC(=O)N1CCN(C(=O)Cc2ccc3c(c2)OCCO3)CC1. The van der Waals surface area contributed by atoms with Crippen LogP contribution in [0.3, 0.4) is 0 Å². The van der Waals surface area contributed by atoms with Gasteiger partial charge in [-0.2, -0.15) is 0 Å². The van der Waals surface area contributed by atoms with E-state index < -0.39 is 0 Å². The molecule has 1 saturated heterocycles. The minimum Gasteiger partial charge on any atom is -0.486 e. The first-order valence-electron chi connectivity index (χ1n) is 9.26. The van der Waals surface area contributed by atoms with Crippen LogP contribution >= 0.6 is 0 Å². The van der Waals surface area contributed by atoms with E-state index in [1.807, 2.05) is 28.0 Å². The molecule has 0 bridgehead atoms. The Morgan fingerprint density at radius 1 is 0.923 bits per heavy atom. The van der Waals surface area contributed by atoms with Crippen molar-refractivity contribution in [3.63, 3.8) is 0 Å². The molecule has 142 valence electrons. The van der Waals surface area contributed by atoms with Gasteiger partial charge in [0.15, 0.2) is 11.5 Å². The Balaban J connectivity index is 1.52. The molecule has 2 amide bonds. The van der Waals surface area contributed by atoms with Gasteiger partial charge in [-0.05, 0) is 23.1 Å². The molecule has 0 atom stereocenters. The number of nitrogens with zero attached hydrogens (tertiary/aromatic N) is 2. The number of hydrogen-bond acceptors (Lipinski definition) is 4. The van der Waals surface area contributed by atoms with E-state index in [2.05, 4.69) is 20.8 Å². The van der Waals surface area contributed by atoms with E-state index in [1.165, 1.54) is 0 Å². The van der Waals surface area contributed by atoms with Crippen LogP contribution in [-0.2, 0) is 16.0 Å². The van der Waals surface area contributed by atoms with Gasteiger partial charge in [0.1, 0.15) is 13.2 Å². The molecular formula is C20H28N2O4. The maximum atomic E-state index is 12.6. The summed E-state index contributed by atoms with van der Waals surface area (Å²) in [7, 11) is 0. The van der Waals surface area contributed by atoms with Crippen molar-refractivity contribution in [2.24, 2.45) is 5.41 Å². The third kappa shape index (κ3) is 4.68. The molecule has 26 heavy (non-hydrogen) atoms. The average Bonchev–Trinajstić information content (AvgIpc) is 2.60. The summed E-state index contributed by atoms with van der Waals surface area (Å²) in [4.78, 5) is 28.6. The average molecular weight is 360 g/mol. The van der Waals surface area contributed by atoms with Crippen molar-refractivity contribution in [1.82, 2.24) is 9.80 Å². The Morgan fingerprint density at radius 3 is 2.12 bits per heavy atom. The summed E-state index contributed by atoms with van der Waals surface area (Å²) in [6.45, 7) is 9.72. The lowest BCUT2D eigenvalue weighted by Gasteiger charge is -2.36. The molecule has 6 heteroatoms. The summed E-state index contributed by atoms with van der Waals surface area (Å²) in [6, 6.07) is 5.66. The number of ether oxygens (including phenoxy) is 2. The smallest absolute Gasteiger partial charge is 0.227 e. The first kappa shape index (κ1) is 18.5. The molecule has 2 aliphatic rings. The maximum absolute atomic E-state index is 12.6. The third-order valence-corrected chi connectivity index (χ3v) is 4.63. The number of rotatable bonds is 3. The van der Waals surface area contributed by atoms with Crippen LogP contribution in [0.4, 0.5) is 0 Å². The van der Waals surface area contributed by atoms with Crippen molar-refractivity contribution in [2.45, 2.75) is 33.6 Å². The van der Waals surface area contributed by atoms with Crippen molar-refractivity contribution < 1.29 is 19.1 Å². The quantitative estimate of drug-likeness (QED) is 0.828. The fourth-order valence-electron chi connectivity index (χ4n) is 3.25. The monoisotopic (exact) mass is 360 g/mol. The highest BCUT2D eigenvalue weighted by molar-refractivity contribution is 5.80. The first-order valence-corrected chi connectivity index (χ1v) is 9.26. The second kappa shape index (κ2) is 7.56. The molecule has 0 saturated carbocycles. The highest BCUT2D eigenvalue weighted by atomic mass is 16.6. The fourth-order valence-corrected chi connectivity index (χ4v) is 3.25. The summed E-state index contributed by atoms with van der Waals surface area (Å²) < 4.78 is 11.1. The lowest BCUT2D eigenvalue weighted by atomic mass is 9.91. The topological polar surface area (TPSA) is 59.1 Å². The van der Waals surface area contributed by atoms with Crippen molar-refractivity contribution >= 4 is 11.8 Å². The zero-order valence-electron chi connectivity index (χ0n) is 15.9. The van der Waals surface area contributed by atoms with E-state index in [4.69, 9.17) is 9.47 Å². The predicted octanol–water partition coefficient (Wildman–Crippen LogP) is 2.11. The largest absolute Gasteiger partial charge is 0.486 e. The Hall–Kier alpha value is -2.24. The summed E-state index contributed by atoms with van der Waals surface area (Å²) in [5.74, 6) is 1.71. The van der Waals surface area contributed by atoms with Crippen LogP contribution in [0.1, 0.15) is 32.8 Å². The van der Waals surface area contributed by atoms with Gasteiger partial charge in [-0.15, -0.1) is 0 Å². The Labute approximate surface area is 155 Å². The fraction of sp³-hybridized carbons (Fsp3) is 0.600. The molecule has 1 fully saturated rings. The maximum Gasteiger partial charge on any atom is 0.227 e. The van der Waals surface area contributed by atoms with E-state index in [9.17, 15) is 9.59 Å². The van der Waals surface area contributed by atoms with Crippen LogP contribution in [0.2, 0.25) is 0 Å². The number of amides is 2. The van der Waals surface area contributed by atoms with Crippen molar-refractivity contribution in [3.8, 4) is 11.5 Å². The Kier molecular flexibility index (Phi) is 5.39. The molecule has 1 aromatic carbocycles. The van der Waals surface area contributed by atoms with E-state index >= 15 is 0 Å². The van der Waals surface area contributed by atoms with Crippen molar-refractivity contribution in [1.29, 1.82) is 0 Å². The van der Waals surface area contributed by atoms with Gasteiger partial charge >= 0.3 is 0 Å². The molecule has 0 aromatic heterocycles. The van der Waals surface area contributed by atoms with Gasteiger partial charge in [0.05, 0.1) is 6.42 Å². The van der Waals surface area contributed by atoms with E-state index in [0.717, 1.165) is 11.3 Å². The number of carbonyl (C=O) groups excluding carboxylic acids is 2. The number of hydrogen-bond donors (Lipinski definition) is 0.